The zero-order chi connectivity index (χ0) is 24.1. The highest BCUT2D eigenvalue weighted by Crippen LogP contribution is 2.40. The number of hydrogen-bond acceptors (Lipinski definition) is 6. The Morgan fingerprint density at radius 1 is 1.09 bits per heavy atom. The fourth-order valence-corrected chi connectivity index (χ4v) is 5.32. The molecule has 10 heteroatoms. The monoisotopic (exact) mass is 469 g/mol. The Balaban J connectivity index is 1.48. The predicted octanol–water partition coefficient (Wildman–Crippen LogP) is 1.92. The summed E-state index contributed by atoms with van der Waals surface area (Å²) >= 11 is 1.46. The SMILES string of the molecule is Cn1c(=O)c2cc(C(=O)NNC(=O)c3cc4c(s3)CCC(C(C)(C)C)C4)cnc2n(C)c1=O. The highest BCUT2D eigenvalue weighted by molar-refractivity contribution is 7.14. The molecule has 3 aromatic heterocycles. The lowest BCUT2D eigenvalue weighted by Crippen LogP contribution is -2.41. The Kier molecular flexibility index (Phi) is 5.73. The first-order valence-electron chi connectivity index (χ1n) is 10.8. The van der Waals surface area contributed by atoms with Gasteiger partial charge >= 0.3 is 5.69 Å². The number of nitrogens with zero attached hydrogens (tertiary/aromatic N) is 3. The summed E-state index contributed by atoms with van der Waals surface area (Å²) < 4.78 is 2.19. The molecule has 0 aliphatic heterocycles. The van der Waals surface area contributed by atoms with Gasteiger partial charge in [0.2, 0.25) is 0 Å². The molecule has 0 spiro atoms. The molecule has 33 heavy (non-hydrogen) atoms. The fourth-order valence-electron chi connectivity index (χ4n) is 4.21. The lowest BCUT2D eigenvalue weighted by Gasteiger charge is -2.33. The maximum atomic E-state index is 12.6. The Hall–Kier alpha value is -3.27. The van der Waals surface area contributed by atoms with Gasteiger partial charge in [-0.1, -0.05) is 20.8 Å². The molecule has 1 aliphatic carbocycles. The second kappa shape index (κ2) is 8.26. The van der Waals surface area contributed by atoms with Crippen LogP contribution in [-0.4, -0.2) is 25.9 Å². The first-order chi connectivity index (χ1) is 15.5. The highest BCUT2D eigenvalue weighted by atomic mass is 32.1. The van der Waals surface area contributed by atoms with Gasteiger partial charge in [-0.3, -0.25) is 34.4 Å². The van der Waals surface area contributed by atoms with Crippen LogP contribution in [0.1, 0.15) is 57.7 Å². The average Bonchev–Trinajstić information content (AvgIpc) is 3.22. The van der Waals surface area contributed by atoms with Crippen LogP contribution in [0.2, 0.25) is 0 Å². The van der Waals surface area contributed by atoms with Crippen LogP contribution in [0, 0.1) is 11.3 Å². The third-order valence-electron chi connectivity index (χ3n) is 6.38. The quantitative estimate of drug-likeness (QED) is 0.557. The number of aryl methyl sites for hydroxylation is 2. The van der Waals surface area contributed by atoms with E-state index in [0.29, 0.717) is 10.8 Å². The fraction of sp³-hybridized carbons (Fsp3) is 0.435. The van der Waals surface area contributed by atoms with Gasteiger partial charge in [-0.15, -0.1) is 11.3 Å². The summed E-state index contributed by atoms with van der Waals surface area (Å²) in [6.45, 7) is 6.74. The molecular formula is C23H27N5O4S. The van der Waals surface area contributed by atoms with Crippen LogP contribution in [-0.2, 0) is 26.9 Å². The van der Waals surface area contributed by atoms with Gasteiger partial charge in [-0.05, 0) is 48.3 Å². The number of nitrogens with one attached hydrogen (secondary N) is 2. The summed E-state index contributed by atoms with van der Waals surface area (Å²) in [6.07, 6.45) is 4.28. The third kappa shape index (κ3) is 4.22. The second-order valence-electron chi connectivity index (χ2n) is 9.57. The van der Waals surface area contributed by atoms with E-state index in [4.69, 9.17) is 0 Å². The molecule has 174 valence electrons. The molecule has 2 amide bonds. The van der Waals surface area contributed by atoms with E-state index in [9.17, 15) is 19.2 Å². The Labute approximate surface area is 194 Å². The molecule has 2 N–H and O–H groups in total. The number of carbonyl (C=O) groups excluding carboxylic acids is 2. The number of rotatable bonds is 2. The Bertz CT molecular complexity index is 1390. The summed E-state index contributed by atoms with van der Waals surface area (Å²) in [5.41, 5.74) is 5.49. The molecule has 3 heterocycles. The number of carbonyl (C=O) groups is 2. The lowest BCUT2D eigenvalue weighted by atomic mass is 9.72. The molecule has 4 rings (SSSR count). The smallest absolute Gasteiger partial charge is 0.280 e. The second-order valence-corrected chi connectivity index (χ2v) is 10.7. The van der Waals surface area contributed by atoms with Gasteiger partial charge in [0.25, 0.3) is 17.4 Å². The zero-order valence-electron chi connectivity index (χ0n) is 19.3. The summed E-state index contributed by atoms with van der Waals surface area (Å²) in [6, 6.07) is 3.28. The van der Waals surface area contributed by atoms with Crippen LogP contribution < -0.4 is 22.1 Å². The van der Waals surface area contributed by atoms with Gasteiger partial charge in [0, 0.05) is 25.2 Å². The molecule has 0 aromatic carbocycles. The number of thiophene rings is 1. The average molecular weight is 470 g/mol. The van der Waals surface area contributed by atoms with E-state index in [0.717, 1.165) is 23.8 Å². The first-order valence-corrected chi connectivity index (χ1v) is 11.6. The van der Waals surface area contributed by atoms with Crippen LogP contribution in [0.3, 0.4) is 0 Å². The zero-order valence-corrected chi connectivity index (χ0v) is 20.1. The molecule has 9 nitrogen and oxygen atoms in total. The molecule has 1 aliphatic rings. The van der Waals surface area contributed by atoms with Crippen molar-refractivity contribution in [3.63, 3.8) is 0 Å². The number of hydrogen-bond donors (Lipinski definition) is 2. The molecule has 0 radical (unpaired) electrons. The molecule has 0 bridgehead atoms. The van der Waals surface area contributed by atoms with Gasteiger partial charge in [-0.25, -0.2) is 9.78 Å². The van der Waals surface area contributed by atoms with Gasteiger partial charge in [-0.2, -0.15) is 0 Å². The lowest BCUT2D eigenvalue weighted by molar-refractivity contribution is 0.0848. The van der Waals surface area contributed by atoms with Crippen LogP contribution in [0.5, 0.6) is 0 Å². The topological polar surface area (TPSA) is 115 Å². The first kappa shape index (κ1) is 22.9. The number of amides is 2. The molecule has 3 aromatic rings. The van der Waals surface area contributed by atoms with Crippen molar-refractivity contribution in [3.8, 4) is 0 Å². The minimum atomic E-state index is -0.609. The van der Waals surface area contributed by atoms with Gasteiger partial charge < -0.3 is 0 Å². The normalized spacial score (nSPS) is 15.8. The maximum Gasteiger partial charge on any atom is 0.332 e. The molecule has 1 unspecified atom stereocenters. The maximum absolute atomic E-state index is 12.6. The summed E-state index contributed by atoms with van der Waals surface area (Å²) in [5, 5.41) is 0.137. The summed E-state index contributed by atoms with van der Waals surface area (Å²) in [5.74, 6) is -0.423. The number of aromatic nitrogens is 3. The van der Waals surface area contributed by atoms with Crippen molar-refractivity contribution in [1.29, 1.82) is 0 Å². The van der Waals surface area contributed by atoms with E-state index in [1.54, 1.807) is 0 Å². The highest BCUT2D eigenvalue weighted by Gasteiger charge is 2.30. The number of pyridine rings is 1. The minimum Gasteiger partial charge on any atom is -0.280 e. The number of hydrazine groups is 1. The van der Waals surface area contributed by atoms with Crippen molar-refractivity contribution >= 4 is 34.2 Å². The molecule has 0 saturated carbocycles. The minimum absolute atomic E-state index is 0.0945. The van der Waals surface area contributed by atoms with E-state index in [2.05, 4.69) is 36.6 Å². The molecule has 0 saturated heterocycles. The van der Waals surface area contributed by atoms with Gasteiger partial charge in [0.15, 0.2) is 0 Å². The standard InChI is InChI=1S/C23H27N5O4S/c1-23(2,3)14-6-7-16-12(8-14)10-17(33-16)20(30)26-25-19(29)13-9-15-18(24-11-13)27(4)22(32)28(5)21(15)31/h9-11,14H,6-8H2,1-5H3,(H,25,29)(H,26,30). The van der Waals surface area contributed by atoms with Gasteiger partial charge in [0.05, 0.1) is 15.8 Å². The van der Waals surface area contributed by atoms with Gasteiger partial charge in [0.1, 0.15) is 5.65 Å². The molecule has 0 fully saturated rings. The van der Waals surface area contributed by atoms with Crippen molar-refractivity contribution in [3.05, 3.63) is 60.0 Å². The van der Waals surface area contributed by atoms with Crippen molar-refractivity contribution in [2.45, 2.75) is 40.0 Å². The van der Waals surface area contributed by atoms with Crippen molar-refractivity contribution in [2.75, 3.05) is 0 Å². The number of fused-ring (bicyclic) bond motifs is 2. The van der Waals surface area contributed by atoms with Crippen molar-refractivity contribution in [1.82, 2.24) is 25.0 Å². The largest absolute Gasteiger partial charge is 0.332 e. The Morgan fingerprint density at radius 2 is 1.79 bits per heavy atom. The summed E-state index contributed by atoms with van der Waals surface area (Å²) in [7, 11) is 2.86. The van der Waals surface area contributed by atoms with Crippen LogP contribution in [0.15, 0.2) is 27.9 Å². The van der Waals surface area contributed by atoms with Crippen molar-refractivity contribution < 1.29 is 9.59 Å². The van der Waals surface area contributed by atoms with E-state index in [1.165, 1.54) is 52.7 Å². The summed E-state index contributed by atoms with van der Waals surface area (Å²) in [4.78, 5) is 55.6. The van der Waals surface area contributed by atoms with E-state index < -0.39 is 17.2 Å². The van der Waals surface area contributed by atoms with E-state index in [1.807, 2.05) is 6.07 Å². The van der Waals surface area contributed by atoms with E-state index in [-0.39, 0.29) is 27.9 Å². The van der Waals surface area contributed by atoms with Crippen molar-refractivity contribution in [2.24, 2.45) is 25.4 Å². The Morgan fingerprint density at radius 3 is 2.48 bits per heavy atom. The van der Waals surface area contributed by atoms with Crippen LogP contribution in [0.4, 0.5) is 0 Å². The van der Waals surface area contributed by atoms with Crippen LogP contribution in [0.25, 0.3) is 11.0 Å². The van der Waals surface area contributed by atoms with Crippen LogP contribution >= 0.6 is 11.3 Å². The third-order valence-corrected chi connectivity index (χ3v) is 7.61. The predicted molar refractivity (Wildman–Crippen MR) is 126 cm³/mol. The van der Waals surface area contributed by atoms with E-state index >= 15 is 0 Å². The molecular weight excluding hydrogens is 442 g/mol. The molecule has 1 atom stereocenters.